The van der Waals surface area contributed by atoms with Gasteiger partial charge in [-0.3, -0.25) is 4.79 Å². The van der Waals surface area contributed by atoms with Crippen molar-refractivity contribution in [3.05, 3.63) is 35.6 Å². The summed E-state index contributed by atoms with van der Waals surface area (Å²) in [5.74, 6) is 0.296. The van der Waals surface area contributed by atoms with E-state index < -0.39 is 0 Å². The van der Waals surface area contributed by atoms with Gasteiger partial charge in [0.05, 0.1) is 0 Å². The van der Waals surface area contributed by atoms with Crippen molar-refractivity contribution in [1.82, 2.24) is 0 Å². The number of hydrogen-bond acceptors (Lipinski definition) is 1. The van der Waals surface area contributed by atoms with Gasteiger partial charge >= 0.3 is 0 Å². The summed E-state index contributed by atoms with van der Waals surface area (Å²) < 4.78 is 12.8. The van der Waals surface area contributed by atoms with Crippen molar-refractivity contribution in [3.63, 3.8) is 0 Å². The Kier molecular flexibility index (Phi) is 2.62. The van der Waals surface area contributed by atoms with Crippen molar-refractivity contribution < 1.29 is 9.18 Å². The van der Waals surface area contributed by atoms with E-state index in [1.165, 1.54) is 18.6 Å². The van der Waals surface area contributed by atoms with Crippen molar-refractivity contribution in [2.45, 2.75) is 25.7 Å². The summed E-state index contributed by atoms with van der Waals surface area (Å²) in [7, 11) is 0. The molecule has 0 amide bonds. The normalized spacial score (nSPS) is 16.4. The predicted octanol–water partition coefficient (Wildman–Crippen LogP) is 3.20. The highest BCUT2D eigenvalue weighted by atomic mass is 19.1. The first-order valence-corrected chi connectivity index (χ1v) is 5.04. The highest BCUT2D eigenvalue weighted by Gasteiger charge is 2.21. The van der Waals surface area contributed by atoms with Crippen LogP contribution in [0.2, 0.25) is 0 Å². The molecule has 1 aromatic rings. The molecule has 0 heterocycles. The molecule has 1 aliphatic carbocycles. The van der Waals surface area contributed by atoms with Gasteiger partial charge in [-0.15, -0.1) is 0 Å². The van der Waals surface area contributed by atoms with E-state index in [1.54, 1.807) is 12.1 Å². The summed E-state index contributed by atoms with van der Waals surface area (Å²) in [5.41, 5.74) is 0.511. The molecule has 1 fully saturated rings. The highest BCUT2D eigenvalue weighted by Crippen LogP contribution is 2.30. The minimum Gasteiger partial charge on any atom is -0.294 e. The molecule has 0 aliphatic heterocycles. The molecule has 1 aromatic carbocycles. The van der Waals surface area contributed by atoms with Gasteiger partial charge in [0.15, 0.2) is 5.78 Å². The van der Waals surface area contributed by atoms with E-state index in [1.807, 2.05) is 0 Å². The van der Waals surface area contributed by atoms with Crippen LogP contribution >= 0.6 is 0 Å². The maximum absolute atomic E-state index is 12.8. The third-order valence-electron chi connectivity index (χ3n) is 2.85. The molecule has 2 rings (SSSR count). The van der Waals surface area contributed by atoms with E-state index in [0.717, 1.165) is 12.8 Å². The standard InChI is InChI=1S/C12H13FO/c13-11-6-2-5-10(8-11)12(14)7-9-3-1-4-9/h2,5-6,8-9H,1,3-4,7H2. The van der Waals surface area contributed by atoms with E-state index in [4.69, 9.17) is 0 Å². The molecule has 74 valence electrons. The number of ketones is 1. The number of rotatable bonds is 3. The van der Waals surface area contributed by atoms with Crippen molar-refractivity contribution in [2.75, 3.05) is 0 Å². The van der Waals surface area contributed by atoms with Gasteiger partial charge in [-0.05, 0) is 18.1 Å². The third-order valence-corrected chi connectivity index (χ3v) is 2.85. The van der Waals surface area contributed by atoms with Crippen LogP contribution in [-0.2, 0) is 0 Å². The second kappa shape index (κ2) is 3.91. The molecule has 1 aliphatic rings. The number of hydrogen-bond donors (Lipinski definition) is 0. The van der Waals surface area contributed by atoms with Crippen LogP contribution < -0.4 is 0 Å². The molecule has 0 radical (unpaired) electrons. The summed E-state index contributed by atoms with van der Waals surface area (Å²) in [6.07, 6.45) is 4.13. The largest absolute Gasteiger partial charge is 0.294 e. The zero-order valence-electron chi connectivity index (χ0n) is 8.00. The summed E-state index contributed by atoms with van der Waals surface area (Å²) in [6.45, 7) is 0. The fourth-order valence-electron chi connectivity index (χ4n) is 1.74. The second-order valence-corrected chi connectivity index (χ2v) is 3.93. The Labute approximate surface area is 82.9 Å². The van der Waals surface area contributed by atoms with Crippen LogP contribution in [0.3, 0.4) is 0 Å². The zero-order valence-corrected chi connectivity index (χ0v) is 8.00. The lowest BCUT2D eigenvalue weighted by Crippen LogP contribution is -2.15. The molecule has 1 saturated carbocycles. The number of benzene rings is 1. The SMILES string of the molecule is O=C(CC1CCC1)c1cccc(F)c1. The first-order valence-electron chi connectivity index (χ1n) is 5.04. The van der Waals surface area contributed by atoms with Crippen LogP contribution in [0.5, 0.6) is 0 Å². The van der Waals surface area contributed by atoms with Crippen LogP contribution in [0.4, 0.5) is 4.39 Å². The van der Waals surface area contributed by atoms with E-state index >= 15 is 0 Å². The average Bonchev–Trinajstić information content (AvgIpc) is 2.11. The number of carbonyl (C=O) groups is 1. The van der Waals surface area contributed by atoms with Crippen LogP contribution in [0.15, 0.2) is 24.3 Å². The molecule has 14 heavy (non-hydrogen) atoms. The van der Waals surface area contributed by atoms with Crippen LogP contribution in [0.25, 0.3) is 0 Å². The summed E-state index contributed by atoms with van der Waals surface area (Å²) >= 11 is 0. The molecule has 0 spiro atoms. The number of carbonyl (C=O) groups excluding carboxylic acids is 1. The van der Waals surface area contributed by atoms with Crippen molar-refractivity contribution >= 4 is 5.78 Å². The monoisotopic (exact) mass is 192 g/mol. The number of halogens is 1. The van der Waals surface area contributed by atoms with Gasteiger partial charge < -0.3 is 0 Å². The van der Waals surface area contributed by atoms with Gasteiger partial charge in [-0.25, -0.2) is 4.39 Å². The lowest BCUT2D eigenvalue weighted by atomic mass is 9.81. The lowest BCUT2D eigenvalue weighted by Gasteiger charge is -2.24. The Morgan fingerprint density at radius 3 is 2.79 bits per heavy atom. The van der Waals surface area contributed by atoms with Crippen molar-refractivity contribution in [1.29, 1.82) is 0 Å². The van der Waals surface area contributed by atoms with Gasteiger partial charge in [0, 0.05) is 12.0 Å². The topological polar surface area (TPSA) is 17.1 Å². The average molecular weight is 192 g/mol. The van der Waals surface area contributed by atoms with Gasteiger partial charge in [-0.2, -0.15) is 0 Å². The van der Waals surface area contributed by atoms with E-state index in [2.05, 4.69) is 0 Å². The quantitative estimate of drug-likeness (QED) is 0.672. The molecular weight excluding hydrogens is 179 g/mol. The van der Waals surface area contributed by atoms with Crippen molar-refractivity contribution in [2.24, 2.45) is 5.92 Å². The van der Waals surface area contributed by atoms with Crippen LogP contribution in [0, 0.1) is 11.7 Å². The van der Waals surface area contributed by atoms with Crippen LogP contribution in [-0.4, -0.2) is 5.78 Å². The maximum Gasteiger partial charge on any atom is 0.163 e. The molecule has 1 nitrogen and oxygen atoms in total. The van der Waals surface area contributed by atoms with Gasteiger partial charge in [0.25, 0.3) is 0 Å². The fraction of sp³-hybridized carbons (Fsp3) is 0.417. The van der Waals surface area contributed by atoms with E-state index in [-0.39, 0.29) is 11.6 Å². The van der Waals surface area contributed by atoms with Gasteiger partial charge in [-0.1, -0.05) is 31.4 Å². The summed E-state index contributed by atoms with van der Waals surface area (Å²) in [4.78, 5) is 11.6. The highest BCUT2D eigenvalue weighted by molar-refractivity contribution is 5.96. The Balaban J connectivity index is 2.02. The molecule has 2 heteroatoms. The third kappa shape index (κ3) is 2.00. The van der Waals surface area contributed by atoms with Crippen molar-refractivity contribution in [3.8, 4) is 0 Å². The van der Waals surface area contributed by atoms with E-state index in [9.17, 15) is 9.18 Å². The summed E-state index contributed by atoms with van der Waals surface area (Å²) in [6, 6.07) is 5.95. The molecule has 0 saturated heterocycles. The minimum absolute atomic E-state index is 0.0780. The molecule has 0 bridgehead atoms. The predicted molar refractivity (Wildman–Crippen MR) is 52.7 cm³/mol. The Morgan fingerprint density at radius 1 is 1.43 bits per heavy atom. The summed E-state index contributed by atoms with van der Waals surface area (Å²) in [5, 5.41) is 0. The maximum atomic E-state index is 12.8. The first-order chi connectivity index (χ1) is 6.75. The minimum atomic E-state index is -0.329. The molecular formula is C12H13FO. The first kappa shape index (κ1) is 9.38. The number of Topliss-reactive ketones (excluding diaryl/α,β-unsaturated/α-hetero) is 1. The molecule has 0 aromatic heterocycles. The second-order valence-electron chi connectivity index (χ2n) is 3.93. The van der Waals surface area contributed by atoms with E-state index in [0.29, 0.717) is 17.9 Å². The fourth-order valence-corrected chi connectivity index (χ4v) is 1.74. The Bertz CT molecular complexity index is 342. The Hall–Kier alpha value is -1.18. The molecule has 0 atom stereocenters. The lowest BCUT2D eigenvalue weighted by molar-refractivity contribution is 0.0936. The van der Waals surface area contributed by atoms with Crippen LogP contribution in [0.1, 0.15) is 36.0 Å². The Morgan fingerprint density at radius 2 is 2.21 bits per heavy atom. The van der Waals surface area contributed by atoms with Gasteiger partial charge in [0.1, 0.15) is 5.82 Å². The van der Waals surface area contributed by atoms with Gasteiger partial charge in [0.2, 0.25) is 0 Å². The molecule has 0 unspecified atom stereocenters. The smallest absolute Gasteiger partial charge is 0.163 e. The molecule has 0 N–H and O–H groups in total. The zero-order chi connectivity index (χ0) is 9.97.